The molecule has 3 rings (SSSR count). The maximum atomic E-state index is 12.5. The third kappa shape index (κ3) is 2.17. The first-order valence-electron chi connectivity index (χ1n) is 6.36. The number of hydrogen-bond acceptors (Lipinski definition) is 1. The molecule has 0 N–H and O–H groups in total. The summed E-state index contributed by atoms with van der Waals surface area (Å²) in [5.41, 5.74) is 3.89. The Labute approximate surface area is 113 Å². The predicted octanol–water partition coefficient (Wildman–Crippen LogP) is 3.36. The van der Waals surface area contributed by atoms with Crippen LogP contribution >= 0.6 is 0 Å². The second kappa shape index (κ2) is 4.73. The van der Waals surface area contributed by atoms with E-state index in [0.717, 1.165) is 22.3 Å². The molecule has 94 valence electrons. The van der Waals surface area contributed by atoms with Gasteiger partial charge in [0, 0.05) is 18.7 Å². The smallest absolute Gasteiger partial charge is 0.255 e. The third-order valence-electron chi connectivity index (χ3n) is 3.42. The minimum Gasteiger partial charge on any atom is -0.330 e. The van der Waals surface area contributed by atoms with E-state index in [1.807, 2.05) is 59.5 Å². The number of carbonyl (C=O) groups excluding carboxylic acids is 1. The molecule has 1 heterocycles. The molecule has 1 aliphatic heterocycles. The van der Waals surface area contributed by atoms with Crippen LogP contribution in [-0.2, 0) is 6.54 Å². The summed E-state index contributed by atoms with van der Waals surface area (Å²) in [5, 5.41) is 0. The Bertz CT molecular complexity index is 631. The highest BCUT2D eigenvalue weighted by Gasteiger charge is 2.25. The molecular weight excluding hydrogens is 234 g/mol. The fourth-order valence-corrected chi connectivity index (χ4v) is 2.47. The number of carbonyl (C=O) groups is 1. The van der Waals surface area contributed by atoms with E-state index in [1.54, 1.807) is 0 Å². The van der Waals surface area contributed by atoms with Crippen LogP contribution in [0.2, 0.25) is 0 Å². The molecule has 2 nitrogen and oxygen atoms in total. The van der Waals surface area contributed by atoms with Crippen LogP contribution in [0.15, 0.2) is 61.2 Å². The summed E-state index contributed by atoms with van der Waals surface area (Å²) in [6.45, 7) is 5.32. The van der Waals surface area contributed by atoms with Crippen molar-refractivity contribution in [3.63, 3.8) is 0 Å². The lowest BCUT2D eigenvalue weighted by molar-refractivity contribution is 0.0757. The monoisotopic (exact) mass is 249 g/mol. The Balaban J connectivity index is 1.91. The Morgan fingerprint density at radius 2 is 1.58 bits per heavy atom. The van der Waals surface area contributed by atoms with Crippen LogP contribution in [0.5, 0.6) is 0 Å². The van der Waals surface area contributed by atoms with Crippen LogP contribution in [0, 0.1) is 0 Å². The largest absolute Gasteiger partial charge is 0.330 e. The summed E-state index contributed by atoms with van der Waals surface area (Å²) in [6.07, 6.45) is 0. The van der Waals surface area contributed by atoms with Crippen LogP contribution in [-0.4, -0.2) is 17.4 Å². The van der Waals surface area contributed by atoms with E-state index in [4.69, 9.17) is 0 Å². The second-order valence-electron chi connectivity index (χ2n) is 4.80. The van der Waals surface area contributed by atoms with Crippen LogP contribution < -0.4 is 0 Å². The maximum absolute atomic E-state index is 12.5. The topological polar surface area (TPSA) is 20.3 Å². The van der Waals surface area contributed by atoms with E-state index in [2.05, 4.69) is 6.58 Å². The standard InChI is InChI=1S/C17H15NO/c1-13-11-18(12-14-7-3-2-4-8-14)17(19)16-10-6-5-9-15(13)16/h2-10H,1,11-12H2. The second-order valence-corrected chi connectivity index (χ2v) is 4.80. The highest BCUT2D eigenvalue weighted by Crippen LogP contribution is 2.26. The quantitative estimate of drug-likeness (QED) is 0.799. The van der Waals surface area contributed by atoms with Crippen molar-refractivity contribution in [1.29, 1.82) is 0 Å². The summed E-state index contributed by atoms with van der Waals surface area (Å²) in [6, 6.07) is 17.7. The summed E-state index contributed by atoms with van der Waals surface area (Å²) in [7, 11) is 0. The molecule has 1 amide bonds. The van der Waals surface area contributed by atoms with Crippen molar-refractivity contribution in [2.75, 3.05) is 6.54 Å². The Morgan fingerprint density at radius 3 is 2.32 bits per heavy atom. The van der Waals surface area contributed by atoms with Gasteiger partial charge in [0.25, 0.3) is 5.91 Å². The number of amides is 1. The van der Waals surface area contributed by atoms with Crippen LogP contribution in [0.4, 0.5) is 0 Å². The highest BCUT2D eigenvalue weighted by molar-refractivity contribution is 6.02. The van der Waals surface area contributed by atoms with Crippen LogP contribution in [0.1, 0.15) is 21.5 Å². The van der Waals surface area contributed by atoms with Crippen molar-refractivity contribution in [3.8, 4) is 0 Å². The molecule has 0 radical (unpaired) electrons. The van der Waals surface area contributed by atoms with Gasteiger partial charge in [0.1, 0.15) is 0 Å². The van der Waals surface area contributed by atoms with Gasteiger partial charge >= 0.3 is 0 Å². The Morgan fingerprint density at radius 1 is 0.947 bits per heavy atom. The van der Waals surface area contributed by atoms with Crippen molar-refractivity contribution < 1.29 is 4.79 Å². The van der Waals surface area contributed by atoms with Gasteiger partial charge in [0.05, 0.1) is 0 Å². The molecule has 2 aromatic carbocycles. The van der Waals surface area contributed by atoms with Crippen molar-refractivity contribution in [2.24, 2.45) is 0 Å². The maximum Gasteiger partial charge on any atom is 0.255 e. The van der Waals surface area contributed by atoms with Gasteiger partial charge in [0.15, 0.2) is 0 Å². The molecule has 0 saturated carbocycles. The predicted molar refractivity (Wildman–Crippen MR) is 76.7 cm³/mol. The number of benzene rings is 2. The van der Waals surface area contributed by atoms with Gasteiger partial charge in [-0.05, 0) is 22.8 Å². The summed E-state index contributed by atoms with van der Waals surface area (Å²) < 4.78 is 0. The van der Waals surface area contributed by atoms with E-state index < -0.39 is 0 Å². The molecule has 0 saturated heterocycles. The number of nitrogens with zero attached hydrogens (tertiary/aromatic N) is 1. The van der Waals surface area contributed by atoms with Crippen LogP contribution in [0.3, 0.4) is 0 Å². The zero-order valence-electron chi connectivity index (χ0n) is 10.7. The molecule has 0 aromatic heterocycles. The molecule has 2 heteroatoms. The molecule has 1 aliphatic rings. The molecule has 0 unspecified atom stereocenters. The molecule has 2 aromatic rings. The van der Waals surface area contributed by atoms with Crippen LogP contribution in [0.25, 0.3) is 5.57 Å². The van der Waals surface area contributed by atoms with Gasteiger partial charge in [-0.1, -0.05) is 55.1 Å². The van der Waals surface area contributed by atoms with Gasteiger partial charge in [-0.25, -0.2) is 0 Å². The first-order chi connectivity index (χ1) is 9.25. The number of hydrogen-bond donors (Lipinski definition) is 0. The van der Waals surface area contributed by atoms with Crippen molar-refractivity contribution in [1.82, 2.24) is 4.90 Å². The average molecular weight is 249 g/mol. The minimum atomic E-state index is 0.0897. The van der Waals surface area contributed by atoms with E-state index >= 15 is 0 Å². The lowest BCUT2D eigenvalue weighted by Gasteiger charge is -2.30. The molecule has 0 bridgehead atoms. The zero-order chi connectivity index (χ0) is 13.2. The molecule has 0 aliphatic carbocycles. The third-order valence-corrected chi connectivity index (χ3v) is 3.42. The van der Waals surface area contributed by atoms with Crippen molar-refractivity contribution >= 4 is 11.5 Å². The van der Waals surface area contributed by atoms with Gasteiger partial charge in [-0.15, -0.1) is 0 Å². The molecule has 0 fully saturated rings. The number of fused-ring (bicyclic) bond motifs is 1. The van der Waals surface area contributed by atoms with E-state index in [1.165, 1.54) is 0 Å². The van der Waals surface area contributed by atoms with Gasteiger partial charge in [-0.3, -0.25) is 4.79 Å². The Hall–Kier alpha value is -2.35. The SMILES string of the molecule is C=C1CN(Cc2ccccc2)C(=O)c2ccccc21. The average Bonchev–Trinajstić information content (AvgIpc) is 2.46. The normalized spacial score (nSPS) is 14.4. The lowest BCUT2D eigenvalue weighted by Crippen LogP contribution is -2.36. The van der Waals surface area contributed by atoms with E-state index in [9.17, 15) is 4.79 Å². The summed E-state index contributed by atoms with van der Waals surface area (Å²) >= 11 is 0. The first-order valence-corrected chi connectivity index (χ1v) is 6.36. The van der Waals surface area contributed by atoms with Crippen molar-refractivity contribution in [2.45, 2.75) is 6.54 Å². The van der Waals surface area contributed by atoms with Gasteiger partial charge in [0.2, 0.25) is 0 Å². The summed E-state index contributed by atoms with van der Waals surface area (Å²) in [4.78, 5) is 14.3. The Kier molecular flexibility index (Phi) is 2.92. The van der Waals surface area contributed by atoms with Gasteiger partial charge < -0.3 is 4.90 Å². The van der Waals surface area contributed by atoms with E-state index in [0.29, 0.717) is 13.1 Å². The fourth-order valence-electron chi connectivity index (χ4n) is 2.47. The summed E-state index contributed by atoms with van der Waals surface area (Å²) in [5.74, 6) is 0.0897. The molecule has 0 atom stereocenters. The molecule has 19 heavy (non-hydrogen) atoms. The van der Waals surface area contributed by atoms with Gasteiger partial charge in [-0.2, -0.15) is 0 Å². The lowest BCUT2D eigenvalue weighted by atomic mass is 9.95. The fraction of sp³-hybridized carbons (Fsp3) is 0.118. The number of rotatable bonds is 2. The zero-order valence-corrected chi connectivity index (χ0v) is 10.7. The first kappa shape index (κ1) is 11.7. The van der Waals surface area contributed by atoms with E-state index in [-0.39, 0.29) is 5.91 Å². The highest BCUT2D eigenvalue weighted by atomic mass is 16.2. The minimum absolute atomic E-state index is 0.0897. The molecular formula is C17H15NO. The molecule has 0 spiro atoms. The van der Waals surface area contributed by atoms with Crippen molar-refractivity contribution in [3.05, 3.63) is 77.9 Å².